The van der Waals surface area contributed by atoms with E-state index in [4.69, 9.17) is 12.2 Å². The highest BCUT2D eigenvalue weighted by Crippen LogP contribution is 2.22. The average molecular weight is 125 g/mol. The summed E-state index contributed by atoms with van der Waals surface area (Å²) in [4.78, 5) is 0. The fourth-order valence-corrected chi connectivity index (χ4v) is 0.446. The lowest BCUT2D eigenvalue weighted by atomic mass is 9.83. The Morgan fingerprint density at radius 1 is 1.67 bits per heavy atom. The first-order chi connectivity index (χ1) is 4.04. The topological polar surface area (TPSA) is 26.0 Å². The third-order valence-electron chi connectivity index (χ3n) is 1.93. The highest BCUT2D eigenvalue weighted by molar-refractivity contribution is 5.03. The summed E-state index contributed by atoms with van der Waals surface area (Å²) in [6.45, 7) is 6.26. The van der Waals surface area contributed by atoms with Gasteiger partial charge < -0.3 is 5.73 Å². The molecule has 2 N–H and O–H groups in total. The van der Waals surface area contributed by atoms with Gasteiger partial charge >= 0.3 is 0 Å². The fraction of sp³-hybridized carbons (Fsp3) is 0.750. The van der Waals surface area contributed by atoms with Gasteiger partial charge in [-0.1, -0.05) is 26.7 Å². The van der Waals surface area contributed by atoms with Crippen molar-refractivity contribution >= 4 is 0 Å². The van der Waals surface area contributed by atoms with Gasteiger partial charge in [-0.25, -0.2) is 0 Å². The molecule has 1 unspecified atom stereocenters. The monoisotopic (exact) mass is 125 g/mol. The molecule has 0 amide bonds. The highest BCUT2D eigenvalue weighted by atomic mass is 14.7. The van der Waals surface area contributed by atoms with E-state index in [9.17, 15) is 0 Å². The minimum Gasteiger partial charge on any atom is -0.317 e. The summed E-state index contributed by atoms with van der Waals surface area (Å²) in [6, 6.07) is -0.109. The molecule has 1 atom stereocenters. The standard InChI is InChI=1S/C8H15N/c1-5-7(9)8(3,4)6-2/h1,7H,6,9H2,2-4H3. The first kappa shape index (κ1) is 8.52. The molecule has 0 fully saturated rings. The predicted octanol–water partition coefficient (Wildman–Crippen LogP) is 1.38. The Kier molecular flexibility index (Phi) is 2.73. The highest BCUT2D eigenvalue weighted by Gasteiger charge is 2.21. The maximum atomic E-state index is 5.63. The van der Waals surface area contributed by atoms with Gasteiger partial charge in [0.05, 0.1) is 6.04 Å². The summed E-state index contributed by atoms with van der Waals surface area (Å²) < 4.78 is 0. The van der Waals surface area contributed by atoms with Crippen molar-refractivity contribution in [2.24, 2.45) is 11.1 Å². The number of rotatable bonds is 2. The lowest BCUT2D eigenvalue weighted by Gasteiger charge is -2.25. The molecule has 0 saturated heterocycles. The third kappa shape index (κ3) is 2.07. The van der Waals surface area contributed by atoms with Crippen LogP contribution in [0.25, 0.3) is 0 Å². The first-order valence-corrected chi connectivity index (χ1v) is 3.26. The van der Waals surface area contributed by atoms with Gasteiger partial charge in [0.15, 0.2) is 0 Å². The van der Waals surface area contributed by atoms with Gasteiger partial charge in [0.25, 0.3) is 0 Å². The molecule has 52 valence electrons. The molecule has 0 rings (SSSR count). The van der Waals surface area contributed by atoms with Gasteiger partial charge in [0.2, 0.25) is 0 Å². The predicted molar refractivity (Wildman–Crippen MR) is 40.9 cm³/mol. The van der Waals surface area contributed by atoms with E-state index in [2.05, 4.69) is 26.7 Å². The lowest BCUT2D eigenvalue weighted by molar-refractivity contribution is 0.319. The molecule has 0 spiro atoms. The van der Waals surface area contributed by atoms with Gasteiger partial charge in [0, 0.05) is 0 Å². The van der Waals surface area contributed by atoms with Crippen molar-refractivity contribution in [1.29, 1.82) is 0 Å². The zero-order valence-electron chi connectivity index (χ0n) is 6.44. The SMILES string of the molecule is C#CC(N)C(C)(C)CC. The van der Waals surface area contributed by atoms with Crippen LogP contribution >= 0.6 is 0 Å². The van der Waals surface area contributed by atoms with Crippen molar-refractivity contribution in [3.8, 4) is 12.3 Å². The van der Waals surface area contributed by atoms with E-state index >= 15 is 0 Å². The molecule has 1 nitrogen and oxygen atoms in total. The zero-order chi connectivity index (χ0) is 7.49. The van der Waals surface area contributed by atoms with E-state index in [0.717, 1.165) is 6.42 Å². The van der Waals surface area contributed by atoms with Crippen LogP contribution in [0, 0.1) is 17.8 Å². The summed E-state index contributed by atoms with van der Waals surface area (Å²) in [5.41, 5.74) is 5.72. The Labute approximate surface area is 57.6 Å². The maximum Gasteiger partial charge on any atom is 0.0713 e. The molecule has 0 aromatic heterocycles. The molecular weight excluding hydrogens is 110 g/mol. The second-order valence-corrected chi connectivity index (χ2v) is 2.99. The Bertz CT molecular complexity index is 119. The van der Waals surface area contributed by atoms with Crippen LogP contribution in [0.1, 0.15) is 27.2 Å². The lowest BCUT2D eigenvalue weighted by Crippen LogP contribution is -2.35. The molecule has 0 aliphatic heterocycles. The summed E-state index contributed by atoms with van der Waals surface area (Å²) in [6.07, 6.45) is 6.18. The third-order valence-corrected chi connectivity index (χ3v) is 1.93. The van der Waals surface area contributed by atoms with Crippen molar-refractivity contribution in [2.45, 2.75) is 33.2 Å². The van der Waals surface area contributed by atoms with Crippen LogP contribution in [-0.4, -0.2) is 6.04 Å². The van der Waals surface area contributed by atoms with Crippen LogP contribution in [0.15, 0.2) is 0 Å². The molecule has 9 heavy (non-hydrogen) atoms. The van der Waals surface area contributed by atoms with E-state index in [1.807, 2.05) is 0 Å². The minimum absolute atomic E-state index is 0.0920. The number of nitrogens with two attached hydrogens (primary N) is 1. The molecule has 0 aromatic rings. The van der Waals surface area contributed by atoms with Crippen LogP contribution in [0.3, 0.4) is 0 Å². The van der Waals surface area contributed by atoms with Crippen molar-refractivity contribution < 1.29 is 0 Å². The Hall–Kier alpha value is -0.480. The number of hydrogen-bond acceptors (Lipinski definition) is 1. The van der Waals surface area contributed by atoms with Crippen molar-refractivity contribution in [3.63, 3.8) is 0 Å². The van der Waals surface area contributed by atoms with Gasteiger partial charge in [-0.05, 0) is 11.8 Å². The van der Waals surface area contributed by atoms with E-state index in [1.54, 1.807) is 0 Å². The van der Waals surface area contributed by atoms with Crippen LogP contribution in [-0.2, 0) is 0 Å². The maximum absolute atomic E-state index is 5.63. The van der Waals surface area contributed by atoms with Crippen LogP contribution in [0.5, 0.6) is 0 Å². The quantitative estimate of drug-likeness (QED) is 0.554. The fourth-order valence-electron chi connectivity index (χ4n) is 0.446. The molecular formula is C8H15N. The van der Waals surface area contributed by atoms with Crippen LogP contribution in [0.4, 0.5) is 0 Å². The Balaban J connectivity index is 4.01. The second-order valence-electron chi connectivity index (χ2n) is 2.99. The van der Waals surface area contributed by atoms with Gasteiger partial charge in [-0.2, -0.15) is 0 Å². The Morgan fingerprint density at radius 3 is 2.22 bits per heavy atom. The van der Waals surface area contributed by atoms with E-state index < -0.39 is 0 Å². The van der Waals surface area contributed by atoms with Crippen LogP contribution in [0.2, 0.25) is 0 Å². The first-order valence-electron chi connectivity index (χ1n) is 3.26. The van der Waals surface area contributed by atoms with Crippen molar-refractivity contribution in [1.82, 2.24) is 0 Å². The second kappa shape index (κ2) is 2.89. The number of terminal acetylenes is 1. The molecule has 0 radical (unpaired) electrons. The molecule has 0 bridgehead atoms. The normalized spacial score (nSPS) is 14.6. The Morgan fingerprint density at radius 2 is 2.11 bits per heavy atom. The molecule has 0 heterocycles. The molecule has 0 aliphatic carbocycles. The van der Waals surface area contributed by atoms with Gasteiger partial charge in [0.1, 0.15) is 0 Å². The number of hydrogen-bond donors (Lipinski definition) is 1. The van der Waals surface area contributed by atoms with E-state index in [0.29, 0.717) is 0 Å². The molecule has 0 aliphatic rings. The summed E-state index contributed by atoms with van der Waals surface area (Å²) in [5.74, 6) is 2.53. The largest absolute Gasteiger partial charge is 0.317 e. The van der Waals surface area contributed by atoms with Gasteiger partial charge in [-0.15, -0.1) is 6.42 Å². The molecule has 0 saturated carbocycles. The summed E-state index contributed by atoms with van der Waals surface area (Å²) >= 11 is 0. The van der Waals surface area contributed by atoms with Gasteiger partial charge in [-0.3, -0.25) is 0 Å². The van der Waals surface area contributed by atoms with Crippen molar-refractivity contribution in [2.75, 3.05) is 0 Å². The minimum atomic E-state index is -0.109. The molecule has 1 heteroatoms. The van der Waals surface area contributed by atoms with E-state index in [1.165, 1.54) is 0 Å². The molecule has 0 aromatic carbocycles. The van der Waals surface area contributed by atoms with Crippen molar-refractivity contribution in [3.05, 3.63) is 0 Å². The zero-order valence-corrected chi connectivity index (χ0v) is 6.44. The average Bonchev–Trinajstić information content (AvgIpc) is 1.86. The summed E-state index contributed by atoms with van der Waals surface area (Å²) in [7, 11) is 0. The van der Waals surface area contributed by atoms with E-state index in [-0.39, 0.29) is 11.5 Å². The smallest absolute Gasteiger partial charge is 0.0713 e. The summed E-state index contributed by atoms with van der Waals surface area (Å²) in [5, 5.41) is 0. The van der Waals surface area contributed by atoms with Crippen LogP contribution < -0.4 is 5.73 Å².